The average Bonchev–Trinajstić information content (AvgIpc) is 2.90. The molecule has 0 fully saturated rings. The fourth-order valence-electron chi connectivity index (χ4n) is 2.51. The Bertz CT molecular complexity index is 798. The Morgan fingerprint density at radius 2 is 2.05 bits per heavy atom. The van der Waals surface area contributed by atoms with Gasteiger partial charge in [-0.2, -0.15) is 0 Å². The molecule has 106 valence electrons. The summed E-state index contributed by atoms with van der Waals surface area (Å²) in [5.74, 6) is 1.48. The normalized spacial score (nSPS) is 14.1. The summed E-state index contributed by atoms with van der Waals surface area (Å²) < 4.78 is 5.75. The largest absolute Gasteiger partial charge is 0.471 e. The molecule has 0 amide bonds. The summed E-state index contributed by atoms with van der Waals surface area (Å²) in [6.45, 7) is 1.05. The van der Waals surface area contributed by atoms with Crippen molar-refractivity contribution in [3.8, 4) is 5.75 Å². The van der Waals surface area contributed by atoms with Crippen LogP contribution < -0.4 is 9.64 Å². The van der Waals surface area contributed by atoms with E-state index < -0.39 is 0 Å². The molecule has 0 radical (unpaired) electrons. The standard InChI is InChI=1S/C15H11Cl2N3O/c16-10-5-9-7-20(8-21-14(9)11(17)6-10)15-18-12-3-1-2-4-13(12)19-15/h1-6H,7-8H2,(H,18,19). The third-order valence-corrected chi connectivity index (χ3v) is 3.99. The van der Waals surface area contributed by atoms with Crippen molar-refractivity contribution in [2.24, 2.45) is 0 Å². The second-order valence-corrected chi connectivity index (χ2v) is 5.77. The number of aromatic nitrogens is 2. The van der Waals surface area contributed by atoms with Gasteiger partial charge in [-0.1, -0.05) is 35.3 Å². The van der Waals surface area contributed by atoms with Crippen molar-refractivity contribution in [1.29, 1.82) is 0 Å². The van der Waals surface area contributed by atoms with Gasteiger partial charge in [-0.3, -0.25) is 0 Å². The summed E-state index contributed by atoms with van der Waals surface area (Å²) in [5, 5.41) is 1.15. The van der Waals surface area contributed by atoms with Gasteiger partial charge in [0.2, 0.25) is 5.95 Å². The van der Waals surface area contributed by atoms with Gasteiger partial charge in [0.05, 0.1) is 22.6 Å². The van der Waals surface area contributed by atoms with Gasteiger partial charge in [-0.15, -0.1) is 0 Å². The van der Waals surface area contributed by atoms with Gasteiger partial charge in [0.1, 0.15) is 5.75 Å². The molecule has 4 nitrogen and oxygen atoms in total. The van der Waals surface area contributed by atoms with E-state index in [1.165, 1.54) is 0 Å². The lowest BCUT2D eigenvalue weighted by Gasteiger charge is -2.29. The Balaban J connectivity index is 1.71. The predicted molar refractivity (Wildman–Crippen MR) is 84.2 cm³/mol. The fraction of sp³-hybridized carbons (Fsp3) is 0.133. The first-order valence-electron chi connectivity index (χ1n) is 6.51. The molecule has 21 heavy (non-hydrogen) atoms. The van der Waals surface area contributed by atoms with Crippen molar-refractivity contribution in [3.05, 3.63) is 52.0 Å². The van der Waals surface area contributed by atoms with Crippen molar-refractivity contribution in [2.75, 3.05) is 11.6 Å². The van der Waals surface area contributed by atoms with E-state index in [1.54, 1.807) is 6.07 Å². The van der Waals surface area contributed by atoms with Gasteiger partial charge in [0.25, 0.3) is 0 Å². The first kappa shape index (κ1) is 12.8. The highest BCUT2D eigenvalue weighted by atomic mass is 35.5. The molecule has 0 bridgehead atoms. The van der Waals surface area contributed by atoms with Crippen molar-refractivity contribution in [1.82, 2.24) is 9.97 Å². The van der Waals surface area contributed by atoms with Crippen LogP contribution in [0.1, 0.15) is 5.56 Å². The SMILES string of the molecule is Clc1cc(Cl)c2c(c1)CN(c1nc3ccccc3[nH]1)CO2. The first-order chi connectivity index (χ1) is 10.2. The molecule has 2 heterocycles. The molecule has 0 spiro atoms. The number of rotatable bonds is 1. The van der Waals surface area contributed by atoms with Gasteiger partial charge in [-0.05, 0) is 24.3 Å². The molecule has 0 unspecified atom stereocenters. The van der Waals surface area contributed by atoms with Crippen molar-refractivity contribution < 1.29 is 4.74 Å². The Morgan fingerprint density at radius 3 is 2.90 bits per heavy atom. The number of ether oxygens (including phenoxy) is 1. The van der Waals surface area contributed by atoms with Crippen LogP contribution in [-0.4, -0.2) is 16.7 Å². The number of hydrogen-bond donors (Lipinski definition) is 1. The lowest BCUT2D eigenvalue weighted by atomic mass is 10.1. The minimum Gasteiger partial charge on any atom is -0.471 e. The lowest BCUT2D eigenvalue weighted by Crippen LogP contribution is -2.32. The van der Waals surface area contributed by atoms with E-state index in [0.29, 0.717) is 29.1 Å². The highest BCUT2D eigenvalue weighted by molar-refractivity contribution is 6.35. The number of para-hydroxylation sites is 2. The molecule has 0 atom stereocenters. The van der Waals surface area contributed by atoms with Gasteiger partial charge >= 0.3 is 0 Å². The predicted octanol–water partition coefficient (Wildman–Crippen LogP) is 4.23. The number of H-pyrrole nitrogens is 1. The zero-order chi connectivity index (χ0) is 14.4. The molecule has 2 aromatic carbocycles. The number of aromatic amines is 1. The first-order valence-corrected chi connectivity index (χ1v) is 7.27. The lowest BCUT2D eigenvalue weighted by molar-refractivity contribution is 0.287. The van der Waals surface area contributed by atoms with Gasteiger partial charge in [0.15, 0.2) is 6.73 Å². The third kappa shape index (κ3) is 2.20. The number of fused-ring (bicyclic) bond motifs is 2. The Morgan fingerprint density at radius 1 is 1.19 bits per heavy atom. The van der Waals surface area contributed by atoms with Crippen LogP contribution in [0.15, 0.2) is 36.4 Å². The number of nitrogens with one attached hydrogen (secondary N) is 1. The summed E-state index contributed by atoms with van der Waals surface area (Å²) >= 11 is 12.2. The van der Waals surface area contributed by atoms with E-state index in [1.807, 2.05) is 35.2 Å². The molecule has 4 rings (SSSR count). The van der Waals surface area contributed by atoms with Crippen LogP contribution in [0.3, 0.4) is 0 Å². The third-order valence-electron chi connectivity index (χ3n) is 3.49. The summed E-state index contributed by atoms with van der Waals surface area (Å²) in [6, 6.07) is 11.5. The van der Waals surface area contributed by atoms with Crippen LogP contribution >= 0.6 is 23.2 Å². The van der Waals surface area contributed by atoms with E-state index in [-0.39, 0.29) is 0 Å². The minimum atomic E-state index is 0.397. The van der Waals surface area contributed by atoms with Crippen LogP contribution in [0.2, 0.25) is 10.0 Å². The number of benzene rings is 2. The van der Waals surface area contributed by atoms with E-state index in [9.17, 15) is 0 Å². The highest BCUT2D eigenvalue weighted by Gasteiger charge is 2.22. The molecular weight excluding hydrogens is 309 g/mol. The molecule has 1 N–H and O–H groups in total. The van der Waals surface area contributed by atoms with Crippen LogP contribution in [0.25, 0.3) is 11.0 Å². The zero-order valence-electron chi connectivity index (χ0n) is 10.9. The second-order valence-electron chi connectivity index (χ2n) is 4.92. The maximum absolute atomic E-state index is 6.15. The van der Waals surface area contributed by atoms with Crippen LogP contribution in [-0.2, 0) is 6.54 Å². The monoisotopic (exact) mass is 319 g/mol. The molecule has 6 heteroatoms. The summed E-state index contributed by atoms with van der Waals surface area (Å²) in [4.78, 5) is 9.88. The smallest absolute Gasteiger partial charge is 0.206 e. The van der Waals surface area contributed by atoms with Crippen molar-refractivity contribution >= 4 is 40.2 Å². The van der Waals surface area contributed by atoms with E-state index >= 15 is 0 Å². The average molecular weight is 320 g/mol. The van der Waals surface area contributed by atoms with Crippen molar-refractivity contribution in [2.45, 2.75) is 6.54 Å². The number of anilines is 1. The number of halogens is 2. The van der Waals surface area contributed by atoms with Gasteiger partial charge in [0, 0.05) is 10.6 Å². The fourth-order valence-corrected chi connectivity index (χ4v) is 3.10. The molecule has 1 aromatic heterocycles. The molecule has 3 aromatic rings. The van der Waals surface area contributed by atoms with Crippen LogP contribution in [0.4, 0.5) is 5.95 Å². The van der Waals surface area contributed by atoms with Gasteiger partial charge in [-0.25, -0.2) is 4.98 Å². The molecular formula is C15H11Cl2N3O. The molecule has 0 saturated carbocycles. The minimum absolute atomic E-state index is 0.397. The number of nitrogens with zero attached hydrogens (tertiary/aromatic N) is 2. The van der Waals surface area contributed by atoms with E-state index in [2.05, 4.69) is 9.97 Å². The second kappa shape index (κ2) is 4.83. The highest BCUT2D eigenvalue weighted by Crippen LogP contribution is 2.36. The summed E-state index contributed by atoms with van der Waals surface area (Å²) in [6.07, 6.45) is 0. The number of imidazole rings is 1. The summed E-state index contributed by atoms with van der Waals surface area (Å²) in [7, 11) is 0. The van der Waals surface area contributed by atoms with E-state index in [4.69, 9.17) is 27.9 Å². The van der Waals surface area contributed by atoms with Crippen molar-refractivity contribution in [3.63, 3.8) is 0 Å². The van der Waals surface area contributed by atoms with Crippen LogP contribution in [0, 0.1) is 0 Å². The van der Waals surface area contributed by atoms with E-state index in [0.717, 1.165) is 22.5 Å². The zero-order valence-corrected chi connectivity index (χ0v) is 12.4. The van der Waals surface area contributed by atoms with Crippen LogP contribution in [0.5, 0.6) is 5.75 Å². The molecule has 0 saturated heterocycles. The molecule has 1 aliphatic heterocycles. The maximum atomic E-state index is 6.15. The Kier molecular flexibility index (Phi) is 2.94. The topological polar surface area (TPSA) is 41.2 Å². The quantitative estimate of drug-likeness (QED) is 0.729. The number of hydrogen-bond acceptors (Lipinski definition) is 3. The summed E-state index contributed by atoms with van der Waals surface area (Å²) in [5.41, 5.74) is 2.89. The molecule has 0 aliphatic carbocycles. The molecule has 1 aliphatic rings. The Labute approximate surface area is 131 Å². The maximum Gasteiger partial charge on any atom is 0.206 e. The Hall–Kier alpha value is -1.91. The van der Waals surface area contributed by atoms with Gasteiger partial charge < -0.3 is 14.6 Å².